The van der Waals surface area contributed by atoms with Gasteiger partial charge in [-0.1, -0.05) is 12.5 Å². The highest BCUT2D eigenvalue weighted by atomic mass is 16.5. The standard InChI is InChI=1S/C5H6O2.C4H8O/c1-2-5(6)3-7-4-5;1-3-5-4-2/h1,6H,3-4H2;3H,1,4H2,2H3. The molecule has 1 N–H and O–H groups in total. The Morgan fingerprint density at radius 1 is 1.83 bits per heavy atom. The Kier molecular flexibility index (Phi) is 5.18. The van der Waals surface area contributed by atoms with Crippen LogP contribution in [0.2, 0.25) is 0 Å². The number of ether oxygens (including phenoxy) is 2. The van der Waals surface area contributed by atoms with E-state index < -0.39 is 5.60 Å². The molecule has 0 spiro atoms. The van der Waals surface area contributed by atoms with Gasteiger partial charge in [-0.15, -0.1) is 6.42 Å². The zero-order valence-corrected chi connectivity index (χ0v) is 7.25. The maximum absolute atomic E-state index is 8.86. The molecule has 0 atom stereocenters. The summed E-state index contributed by atoms with van der Waals surface area (Å²) in [6, 6.07) is 0. The van der Waals surface area contributed by atoms with Gasteiger partial charge in [-0.3, -0.25) is 0 Å². The lowest BCUT2D eigenvalue weighted by atomic mass is 10.1. The number of rotatable bonds is 2. The molecule has 1 saturated heterocycles. The number of terminal acetylenes is 1. The van der Waals surface area contributed by atoms with Crippen LogP contribution in [0.4, 0.5) is 0 Å². The third-order valence-electron chi connectivity index (χ3n) is 1.23. The van der Waals surface area contributed by atoms with E-state index in [9.17, 15) is 0 Å². The average molecular weight is 170 g/mol. The van der Waals surface area contributed by atoms with E-state index in [4.69, 9.17) is 11.5 Å². The van der Waals surface area contributed by atoms with E-state index in [2.05, 4.69) is 22.0 Å². The van der Waals surface area contributed by atoms with Crippen LogP contribution in [0.15, 0.2) is 12.8 Å². The minimum atomic E-state index is -0.931. The smallest absolute Gasteiger partial charge is 0.171 e. The summed E-state index contributed by atoms with van der Waals surface area (Å²) in [7, 11) is 0. The lowest BCUT2D eigenvalue weighted by molar-refractivity contribution is -0.140. The fourth-order valence-electron chi connectivity index (χ4n) is 0.497. The van der Waals surface area contributed by atoms with Crippen molar-refractivity contribution in [1.29, 1.82) is 0 Å². The van der Waals surface area contributed by atoms with Crippen LogP contribution in [0, 0.1) is 12.3 Å². The minimum Gasteiger partial charge on any atom is -0.502 e. The van der Waals surface area contributed by atoms with Gasteiger partial charge in [-0.05, 0) is 6.92 Å². The Balaban J connectivity index is 0.000000217. The summed E-state index contributed by atoms with van der Waals surface area (Å²) in [5, 5.41) is 8.86. The predicted octanol–water partition coefficient (Wildman–Crippen LogP) is 0.547. The third-order valence-corrected chi connectivity index (χ3v) is 1.23. The van der Waals surface area contributed by atoms with Crippen LogP contribution in [0.3, 0.4) is 0 Å². The number of hydrogen-bond donors (Lipinski definition) is 1. The van der Waals surface area contributed by atoms with Gasteiger partial charge in [0.05, 0.1) is 26.1 Å². The Morgan fingerprint density at radius 3 is 2.42 bits per heavy atom. The molecular weight excluding hydrogens is 156 g/mol. The molecule has 0 unspecified atom stereocenters. The summed E-state index contributed by atoms with van der Waals surface area (Å²) in [4.78, 5) is 0. The van der Waals surface area contributed by atoms with Crippen LogP contribution < -0.4 is 0 Å². The maximum atomic E-state index is 8.86. The molecule has 1 aliphatic heterocycles. The monoisotopic (exact) mass is 170 g/mol. The molecule has 0 bridgehead atoms. The highest BCUT2D eigenvalue weighted by Crippen LogP contribution is 2.13. The van der Waals surface area contributed by atoms with Crippen LogP contribution in [0.1, 0.15) is 6.92 Å². The summed E-state index contributed by atoms with van der Waals surface area (Å²) < 4.78 is 9.23. The summed E-state index contributed by atoms with van der Waals surface area (Å²) in [6.45, 7) is 6.56. The second-order valence-electron chi connectivity index (χ2n) is 2.29. The molecule has 0 aromatic rings. The highest BCUT2D eigenvalue weighted by Gasteiger charge is 2.33. The first-order chi connectivity index (χ1) is 5.68. The van der Waals surface area contributed by atoms with Crippen molar-refractivity contribution in [2.75, 3.05) is 19.8 Å². The van der Waals surface area contributed by atoms with E-state index in [-0.39, 0.29) is 0 Å². The van der Waals surface area contributed by atoms with Crippen molar-refractivity contribution >= 4 is 0 Å². The van der Waals surface area contributed by atoms with E-state index in [0.717, 1.165) is 6.61 Å². The predicted molar refractivity (Wildman–Crippen MR) is 46.4 cm³/mol. The van der Waals surface area contributed by atoms with Crippen molar-refractivity contribution in [3.05, 3.63) is 12.8 Å². The van der Waals surface area contributed by atoms with Gasteiger partial charge in [0.2, 0.25) is 0 Å². The summed E-state index contributed by atoms with van der Waals surface area (Å²) in [5.74, 6) is 2.21. The summed E-state index contributed by atoms with van der Waals surface area (Å²) in [6.07, 6.45) is 6.32. The summed E-state index contributed by atoms with van der Waals surface area (Å²) >= 11 is 0. The first kappa shape index (κ1) is 11.0. The number of hydrogen-bond acceptors (Lipinski definition) is 3. The average Bonchev–Trinajstić information content (AvgIpc) is 2.03. The first-order valence-electron chi connectivity index (χ1n) is 3.69. The van der Waals surface area contributed by atoms with Crippen LogP contribution in [0.25, 0.3) is 0 Å². The van der Waals surface area contributed by atoms with E-state index in [1.807, 2.05) is 6.92 Å². The van der Waals surface area contributed by atoms with Crippen molar-refractivity contribution in [2.24, 2.45) is 0 Å². The lowest BCUT2D eigenvalue weighted by Crippen LogP contribution is -2.47. The molecule has 0 aromatic heterocycles. The van der Waals surface area contributed by atoms with Crippen molar-refractivity contribution in [2.45, 2.75) is 12.5 Å². The molecule has 1 rings (SSSR count). The Bertz CT molecular complexity index is 165. The molecule has 1 fully saturated rings. The topological polar surface area (TPSA) is 38.7 Å². The quantitative estimate of drug-likeness (QED) is 0.486. The fraction of sp³-hybridized carbons (Fsp3) is 0.556. The molecular formula is C9H14O3. The zero-order valence-electron chi connectivity index (χ0n) is 7.25. The number of aliphatic hydroxyl groups is 1. The normalized spacial score (nSPS) is 17.4. The van der Waals surface area contributed by atoms with Gasteiger partial charge < -0.3 is 14.6 Å². The Morgan fingerprint density at radius 2 is 2.42 bits per heavy atom. The van der Waals surface area contributed by atoms with E-state index >= 15 is 0 Å². The first-order valence-corrected chi connectivity index (χ1v) is 3.69. The SMILES string of the molecule is C#CC1(O)COC1.C=COCC. The Labute approximate surface area is 73.0 Å². The molecule has 3 nitrogen and oxygen atoms in total. The molecule has 0 amide bonds. The molecule has 1 heterocycles. The van der Waals surface area contributed by atoms with E-state index in [1.54, 1.807) is 0 Å². The molecule has 0 aromatic carbocycles. The Hall–Kier alpha value is -0.980. The molecule has 3 heteroatoms. The lowest BCUT2D eigenvalue weighted by Gasteiger charge is -2.30. The molecule has 0 radical (unpaired) electrons. The second-order valence-corrected chi connectivity index (χ2v) is 2.29. The van der Waals surface area contributed by atoms with Gasteiger partial charge in [0, 0.05) is 0 Å². The van der Waals surface area contributed by atoms with Crippen LogP contribution in [-0.2, 0) is 9.47 Å². The largest absolute Gasteiger partial charge is 0.502 e. The molecule has 0 aliphatic carbocycles. The molecule has 1 aliphatic rings. The maximum Gasteiger partial charge on any atom is 0.171 e. The van der Waals surface area contributed by atoms with Gasteiger partial charge in [0.15, 0.2) is 5.60 Å². The van der Waals surface area contributed by atoms with Crippen molar-refractivity contribution in [3.8, 4) is 12.3 Å². The minimum absolute atomic E-state index is 0.295. The van der Waals surface area contributed by atoms with Gasteiger partial charge in [0.1, 0.15) is 0 Å². The van der Waals surface area contributed by atoms with Crippen molar-refractivity contribution in [1.82, 2.24) is 0 Å². The summed E-state index contributed by atoms with van der Waals surface area (Å²) in [5.41, 5.74) is -0.931. The third kappa shape index (κ3) is 4.02. The van der Waals surface area contributed by atoms with Crippen LogP contribution in [-0.4, -0.2) is 30.5 Å². The van der Waals surface area contributed by atoms with Gasteiger partial charge in [-0.25, -0.2) is 0 Å². The molecule has 12 heavy (non-hydrogen) atoms. The van der Waals surface area contributed by atoms with E-state index in [0.29, 0.717) is 13.2 Å². The van der Waals surface area contributed by atoms with Gasteiger partial charge in [-0.2, -0.15) is 0 Å². The molecule has 68 valence electrons. The zero-order chi connectivity index (χ0) is 9.45. The van der Waals surface area contributed by atoms with E-state index in [1.165, 1.54) is 6.26 Å². The highest BCUT2D eigenvalue weighted by molar-refractivity contribution is 5.11. The molecule has 0 saturated carbocycles. The van der Waals surface area contributed by atoms with Crippen LogP contribution >= 0.6 is 0 Å². The van der Waals surface area contributed by atoms with Crippen molar-refractivity contribution in [3.63, 3.8) is 0 Å². The van der Waals surface area contributed by atoms with Crippen LogP contribution in [0.5, 0.6) is 0 Å². The fourth-order valence-corrected chi connectivity index (χ4v) is 0.497. The van der Waals surface area contributed by atoms with Gasteiger partial charge in [0.25, 0.3) is 0 Å². The van der Waals surface area contributed by atoms with Crippen molar-refractivity contribution < 1.29 is 14.6 Å². The second kappa shape index (κ2) is 5.64. The van der Waals surface area contributed by atoms with Gasteiger partial charge >= 0.3 is 0 Å².